The molecule has 0 atom stereocenters. The predicted octanol–water partition coefficient (Wildman–Crippen LogP) is 1.23. The van der Waals surface area contributed by atoms with E-state index in [1.54, 1.807) is 19.2 Å². The summed E-state index contributed by atoms with van der Waals surface area (Å²) in [6.45, 7) is 0.345. The van der Waals surface area contributed by atoms with Gasteiger partial charge < -0.3 is 20.6 Å². The minimum Gasteiger partial charge on any atom is -0.508 e. The second-order valence-electron chi connectivity index (χ2n) is 7.83. The van der Waals surface area contributed by atoms with Crippen molar-refractivity contribution in [2.45, 2.75) is 44.1 Å². The predicted molar refractivity (Wildman–Crippen MR) is 109 cm³/mol. The molecule has 1 aliphatic heterocycles. The summed E-state index contributed by atoms with van der Waals surface area (Å²) in [6, 6.07) is 5.61. The molecule has 0 radical (unpaired) electrons. The molecular formula is C21H28N4O5. The first kappa shape index (κ1) is 21.6. The van der Waals surface area contributed by atoms with Crippen molar-refractivity contribution in [2.24, 2.45) is 0 Å². The Hall–Kier alpha value is -3.10. The van der Waals surface area contributed by atoms with E-state index in [1.807, 2.05) is 0 Å². The number of aromatic hydroxyl groups is 1. The van der Waals surface area contributed by atoms with Gasteiger partial charge in [-0.2, -0.15) is 0 Å². The number of carbonyl (C=O) groups excluding carboxylic acids is 4. The number of nitrogens with one attached hydrogen (secondary N) is 2. The Labute approximate surface area is 175 Å². The van der Waals surface area contributed by atoms with Crippen LogP contribution in [-0.4, -0.2) is 70.9 Å². The lowest BCUT2D eigenvalue weighted by atomic mass is 9.81. The number of amides is 5. The van der Waals surface area contributed by atoms with E-state index in [2.05, 4.69) is 10.6 Å². The molecule has 0 bridgehead atoms. The lowest BCUT2D eigenvalue weighted by Gasteiger charge is -2.35. The Kier molecular flexibility index (Phi) is 6.59. The largest absolute Gasteiger partial charge is 0.508 e. The third-order valence-corrected chi connectivity index (χ3v) is 5.86. The van der Waals surface area contributed by atoms with Gasteiger partial charge in [0.1, 0.15) is 17.8 Å². The summed E-state index contributed by atoms with van der Waals surface area (Å²) >= 11 is 0. The molecule has 5 amide bonds. The van der Waals surface area contributed by atoms with Gasteiger partial charge in [0.15, 0.2) is 0 Å². The Balaban J connectivity index is 1.41. The zero-order valence-electron chi connectivity index (χ0n) is 17.1. The second-order valence-corrected chi connectivity index (χ2v) is 7.83. The molecule has 1 aromatic rings. The van der Waals surface area contributed by atoms with Crippen LogP contribution in [0.15, 0.2) is 24.3 Å². The standard InChI is InChI=1S/C21H28N4O5/c1-24-20(30)25(19(29)21(24)9-3-2-4-10-21)14-17(27)22-11-6-12-23-18(28)15-7-5-8-16(26)13-15/h5,7-8,13,26H,2-4,6,9-12,14H2,1H3,(H,22,27)(H,23,28). The third-order valence-electron chi connectivity index (χ3n) is 5.86. The summed E-state index contributed by atoms with van der Waals surface area (Å²) in [5.41, 5.74) is -0.433. The van der Waals surface area contributed by atoms with Crippen molar-refractivity contribution in [2.75, 3.05) is 26.7 Å². The van der Waals surface area contributed by atoms with Crippen LogP contribution in [0.5, 0.6) is 5.75 Å². The van der Waals surface area contributed by atoms with Crippen LogP contribution in [0.2, 0.25) is 0 Å². The average molecular weight is 416 g/mol. The van der Waals surface area contributed by atoms with Crippen molar-refractivity contribution in [1.29, 1.82) is 0 Å². The average Bonchev–Trinajstić information content (AvgIpc) is 2.90. The Morgan fingerprint density at radius 3 is 2.50 bits per heavy atom. The minimum atomic E-state index is -0.786. The van der Waals surface area contributed by atoms with Gasteiger partial charge in [0.2, 0.25) is 5.91 Å². The zero-order valence-corrected chi connectivity index (χ0v) is 17.1. The molecule has 30 heavy (non-hydrogen) atoms. The molecule has 1 heterocycles. The van der Waals surface area contributed by atoms with Crippen LogP contribution in [0.25, 0.3) is 0 Å². The van der Waals surface area contributed by atoms with Crippen LogP contribution in [0.1, 0.15) is 48.9 Å². The van der Waals surface area contributed by atoms with Crippen molar-refractivity contribution < 1.29 is 24.3 Å². The molecule has 3 rings (SSSR count). The summed E-state index contributed by atoms with van der Waals surface area (Å²) in [4.78, 5) is 52.1. The van der Waals surface area contributed by atoms with Crippen LogP contribution in [0.4, 0.5) is 4.79 Å². The topological polar surface area (TPSA) is 119 Å². The summed E-state index contributed by atoms with van der Waals surface area (Å²) < 4.78 is 0. The Morgan fingerprint density at radius 1 is 1.10 bits per heavy atom. The Bertz CT molecular complexity index is 834. The summed E-state index contributed by atoms with van der Waals surface area (Å²) in [5.74, 6) is -0.978. The fraction of sp³-hybridized carbons (Fsp3) is 0.524. The van der Waals surface area contributed by atoms with Crippen molar-refractivity contribution in [1.82, 2.24) is 20.4 Å². The smallest absolute Gasteiger partial charge is 0.327 e. The maximum atomic E-state index is 12.9. The number of urea groups is 1. The lowest BCUT2D eigenvalue weighted by molar-refractivity contribution is -0.137. The number of phenols is 1. The number of hydrogen-bond donors (Lipinski definition) is 3. The number of carbonyl (C=O) groups is 4. The zero-order chi connectivity index (χ0) is 21.7. The molecule has 1 spiro atoms. The molecule has 2 fully saturated rings. The highest BCUT2D eigenvalue weighted by Crippen LogP contribution is 2.39. The van der Waals surface area contributed by atoms with Crippen LogP contribution >= 0.6 is 0 Å². The summed E-state index contributed by atoms with van der Waals surface area (Å²) in [5, 5.41) is 14.8. The maximum absolute atomic E-state index is 12.9. The van der Waals surface area contributed by atoms with E-state index < -0.39 is 17.5 Å². The highest BCUT2D eigenvalue weighted by Gasteiger charge is 2.55. The van der Waals surface area contributed by atoms with Crippen LogP contribution in [0, 0.1) is 0 Å². The SMILES string of the molecule is CN1C(=O)N(CC(=O)NCCCNC(=O)c2cccc(O)c2)C(=O)C12CCCCC2. The lowest BCUT2D eigenvalue weighted by Crippen LogP contribution is -2.49. The van der Waals surface area contributed by atoms with Gasteiger partial charge >= 0.3 is 6.03 Å². The Morgan fingerprint density at radius 2 is 1.80 bits per heavy atom. The fourth-order valence-electron chi connectivity index (χ4n) is 4.14. The third kappa shape index (κ3) is 4.39. The molecule has 1 saturated heterocycles. The van der Waals surface area contributed by atoms with Crippen LogP contribution < -0.4 is 10.6 Å². The van der Waals surface area contributed by atoms with E-state index in [9.17, 15) is 24.3 Å². The monoisotopic (exact) mass is 416 g/mol. The quantitative estimate of drug-likeness (QED) is 0.456. The molecule has 0 unspecified atom stereocenters. The molecule has 3 N–H and O–H groups in total. The molecule has 9 nitrogen and oxygen atoms in total. The van der Waals surface area contributed by atoms with Crippen molar-refractivity contribution in [3.05, 3.63) is 29.8 Å². The number of phenolic OH excluding ortho intramolecular Hbond substituents is 1. The number of likely N-dealkylation sites (N-methyl/N-ethyl adjacent to an activating group) is 1. The molecule has 9 heteroatoms. The fourth-order valence-corrected chi connectivity index (χ4v) is 4.14. The number of benzene rings is 1. The molecule has 0 aromatic heterocycles. The minimum absolute atomic E-state index is 0.0153. The number of rotatable bonds is 7. The van der Waals surface area contributed by atoms with Gasteiger partial charge in [0, 0.05) is 25.7 Å². The van der Waals surface area contributed by atoms with E-state index in [4.69, 9.17) is 0 Å². The number of imide groups is 1. The van der Waals surface area contributed by atoms with Gasteiger partial charge in [0.05, 0.1) is 0 Å². The van der Waals surface area contributed by atoms with E-state index >= 15 is 0 Å². The van der Waals surface area contributed by atoms with Gasteiger partial charge in [-0.1, -0.05) is 25.3 Å². The van der Waals surface area contributed by atoms with Gasteiger partial charge in [0.25, 0.3) is 11.8 Å². The molecule has 1 saturated carbocycles. The first-order valence-electron chi connectivity index (χ1n) is 10.3. The van der Waals surface area contributed by atoms with Gasteiger partial charge in [-0.05, 0) is 37.5 Å². The van der Waals surface area contributed by atoms with Gasteiger partial charge in [-0.3, -0.25) is 19.3 Å². The molecule has 1 aliphatic carbocycles. The second kappa shape index (κ2) is 9.15. The van der Waals surface area contributed by atoms with Crippen LogP contribution in [0.3, 0.4) is 0 Å². The van der Waals surface area contributed by atoms with Gasteiger partial charge in [-0.15, -0.1) is 0 Å². The van der Waals surface area contributed by atoms with Crippen molar-refractivity contribution >= 4 is 23.8 Å². The van der Waals surface area contributed by atoms with Crippen LogP contribution in [-0.2, 0) is 9.59 Å². The molecule has 2 aliphatic rings. The van der Waals surface area contributed by atoms with Crippen molar-refractivity contribution in [3.8, 4) is 5.75 Å². The highest BCUT2D eigenvalue weighted by atomic mass is 16.3. The summed E-state index contributed by atoms with van der Waals surface area (Å²) in [6.07, 6.45) is 4.63. The first-order valence-corrected chi connectivity index (χ1v) is 10.3. The van der Waals surface area contributed by atoms with E-state index in [0.717, 1.165) is 24.2 Å². The summed E-state index contributed by atoms with van der Waals surface area (Å²) in [7, 11) is 1.64. The molecule has 1 aromatic carbocycles. The molecule has 162 valence electrons. The van der Waals surface area contributed by atoms with E-state index in [1.165, 1.54) is 17.0 Å². The normalized spacial score (nSPS) is 18.0. The first-order chi connectivity index (χ1) is 14.3. The van der Waals surface area contributed by atoms with Gasteiger partial charge in [-0.25, -0.2) is 4.79 Å². The number of nitrogens with zero attached hydrogens (tertiary/aromatic N) is 2. The number of hydrogen-bond acceptors (Lipinski definition) is 5. The van der Waals surface area contributed by atoms with Crippen molar-refractivity contribution in [3.63, 3.8) is 0 Å². The van der Waals surface area contributed by atoms with E-state index in [0.29, 0.717) is 37.9 Å². The maximum Gasteiger partial charge on any atom is 0.327 e. The highest BCUT2D eigenvalue weighted by molar-refractivity contribution is 6.08. The molecular weight excluding hydrogens is 388 g/mol. The van der Waals surface area contributed by atoms with E-state index in [-0.39, 0.29) is 24.1 Å².